The Morgan fingerprint density at radius 1 is 1.21 bits per heavy atom. The molecular weight excluding hydrogens is 423 g/mol. The van der Waals surface area contributed by atoms with E-state index in [2.05, 4.69) is 33.4 Å². The van der Waals surface area contributed by atoms with E-state index in [0.717, 1.165) is 3.57 Å². The summed E-state index contributed by atoms with van der Waals surface area (Å²) in [4.78, 5) is 29.7. The normalized spacial score (nSPS) is 13.9. The van der Waals surface area contributed by atoms with E-state index in [9.17, 15) is 9.59 Å². The lowest BCUT2D eigenvalue weighted by Gasteiger charge is -2.30. The zero-order valence-corrected chi connectivity index (χ0v) is 16.8. The van der Waals surface area contributed by atoms with Gasteiger partial charge >= 0.3 is 0 Å². The molecule has 0 heterocycles. The Kier molecular flexibility index (Phi) is 8.11. The van der Waals surface area contributed by atoms with Gasteiger partial charge in [-0.1, -0.05) is 0 Å². The quantitative estimate of drug-likeness (QED) is 0.497. The standard InChI is InChI=1S/C17H25IN2O4/c1-6-23-20-16(22)14(11(2)24-17(3,4)5)19-15(21)12-7-9-13(18)10-8-12/h7-11,14H,6H2,1-5H3,(H,19,21)(H,20,22)/t11-,14+/m1/s1. The molecule has 0 fully saturated rings. The average Bonchev–Trinajstić information content (AvgIpc) is 2.48. The van der Waals surface area contributed by atoms with E-state index in [1.165, 1.54) is 0 Å². The maximum absolute atomic E-state index is 12.4. The van der Waals surface area contributed by atoms with Gasteiger partial charge in [0.1, 0.15) is 6.04 Å². The second-order valence-corrected chi connectivity index (χ2v) is 7.54. The third kappa shape index (κ3) is 7.14. The van der Waals surface area contributed by atoms with Crippen molar-refractivity contribution in [2.75, 3.05) is 6.61 Å². The van der Waals surface area contributed by atoms with Crippen molar-refractivity contribution in [1.82, 2.24) is 10.8 Å². The zero-order valence-electron chi connectivity index (χ0n) is 14.7. The van der Waals surface area contributed by atoms with Crippen molar-refractivity contribution < 1.29 is 19.2 Å². The molecule has 2 amide bonds. The summed E-state index contributed by atoms with van der Waals surface area (Å²) in [5, 5.41) is 2.73. The number of rotatable bonds is 7. The van der Waals surface area contributed by atoms with Crippen LogP contribution in [0.15, 0.2) is 24.3 Å². The molecule has 6 nitrogen and oxygen atoms in total. The molecule has 1 rings (SSSR count). The number of benzene rings is 1. The first-order valence-corrected chi connectivity index (χ1v) is 8.88. The van der Waals surface area contributed by atoms with Crippen LogP contribution in [0.25, 0.3) is 0 Å². The Morgan fingerprint density at radius 2 is 1.79 bits per heavy atom. The first-order chi connectivity index (χ1) is 11.1. The first kappa shape index (κ1) is 20.9. The van der Waals surface area contributed by atoms with Crippen molar-refractivity contribution in [2.45, 2.75) is 52.4 Å². The molecule has 0 bridgehead atoms. The molecule has 0 aliphatic heterocycles. The Bertz CT molecular complexity index is 555. The number of hydroxylamine groups is 1. The van der Waals surface area contributed by atoms with Crippen LogP contribution in [0.4, 0.5) is 0 Å². The maximum Gasteiger partial charge on any atom is 0.268 e. The first-order valence-electron chi connectivity index (χ1n) is 7.80. The fraction of sp³-hybridized carbons (Fsp3) is 0.529. The van der Waals surface area contributed by atoms with Gasteiger partial charge in [-0.15, -0.1) is 0 Å². The number of ether oxygens (including phenoxy) is 1. The van der Waals surface area contributed by atoms with Crippen LogP contribution in [0, 0.1) is 3.57 Å². The molecule has 0 aliphatic carbocycles. The maximum atomic E-state index is 12.4. The van der Waals surface area contributed by atoms with Crippen LogP contribution in [0.2, 0.25) is 0 Å². The van der Waals surface area contributed by atoms with Crippen LogP contribution < -0.4 is 10.8 Å². The van der Waals surface area contributed by atoms with E-state index >= 15 is 0 Å². The van der Waals surface area contributed by atoms with Crippen LogP contribution in [0.1, 0.15) is 45.0 Å². The van der Waals surface area contributed by atoms with E-state index in [-0.39, 0.29) is 5.91 Å². The Balaban J connectivity index is 2.89. The molecule has 0 saturated carbocycles. The molecule has 0 aromatic heterocycles. The summed E-state index contributed by atoms with van der Waals surface area (Å²) < 4.78 is 6.85. The minimum absolute atomic E-state index is 0.331. The van der Waals surface area contributed by atoms with Crippen LogP contribution in [-0.4, -0.2) is 36.2 Å². The van der Waals surface area contributed by atoms with E-state index in [4.69, 9.17) is 9.57 Å². The SMILES string of the molecule is CCONC(=O)[C@@H](NC(=O)c1ccc(I)cc1)[C@@H](C)OC(C)(C)C. The Hall–Kier alpha value is -1.19. The number of nitrogens with one attached hydrogen (secondary N) is 2. The van der Waals surface area contributed by atoms with Gasteiger partial charge in [-0.3, -0.25) is 14.4 Å². The largest absolute Gasteiger partial charge is 0.370 e. The molecule has 0 saturated heterocycles. The van der Waals surface area contributed by atoms with Crippen LogP contribution in [-0.2, 0) is 14.4 Å². The molecule has 0 aliphatic rings. The van der Waals surface area contributed by atoms with Crippen LogP contribution in [0.3, 0.4) is 0 Å². The molecular formula is C17H25IN2O4. The van der Waals surface area contributed by atoms with E-state index in [0.29, 0.717) is 12.2 Å². The summed E-state index contributed by atoms with van der Waals surface area (Å²) in [6, 6.07) is 6.22. The second kappa shape index (κ2) is 9.33. The molecule has 2 N–H and O–H groups in total. The van der Waals surface area contributed by atoms with Crippen LogP contribution >= 0.6 is 22.6 Å². The van der Waals surface area contributed by atoms with Crippen molar-refractivity contribution >= 4 is 34.4 Å². The monoisotopic (exact) mass is 448 g/mol. The Labute approximate surface area is 156 Å². The fourth-order valence-corrected chi connectivity index (χ4v) is 2.41. The highest BCUT2D eigenvalue weighted by atomic mass is 127. The summed E-state index contributed by atoms with van der Waals surface area (Å²) in [5.74, 6) is -0.792. The van der Waals surface area contributed by atoms with E-state index in [1.54, 1.807) is 26.0 Å². The highest BCUT2D eigenvalue weighted by Gasteiger charge is 2.31. The highest BCUT2D eigenvalue weighted by Crippen LogP contribution is 2.14. The molecule has 0 radical (unpaired) electrons. The third-order valence-corrected chi connectivity index (χ3v) is 3.72. The topological polar surface area (TPSA) is 76.7 Å². The van der Waals surface area contributed by atoms with Gasteiger partial charge in [0.25, 0.3) is 11.8 Å². The van der Waals surface area contributed by atoms with Gasteiger partial charge in [0, 0.05) is 9.13 Å². The number of hydrogen-bond acceptors (Lipinski definition) is 4. The molecule has 7 heteroatoms. The summed E-state index contributed by atoms with van der Waals surface area (Å²) in [7, 11) is 0. The summed E-state index contributed by atoms with van der Waals surface area (Å²) in [6.45, 7) is 9.51. The number of halogens is 1. The number of hydrogen-bond donors (Lipinski definition) is 2. The van der Waals surface area contributed by atoms with Gasteiger partial charge in [0.2, 0.25) is 0 Å². The molecule has 0 spiro atoms. The van der Waals surface area contributed by atoms with Gasteiger partial charge in [0.05, 0.1) is 18.3 Å². The van der Waals surface area contributed by atoms with Crippen molar-refractivity contribution in [1.29, 1.82) is 0 Å². The summed E-state index contributed by atoms with van der Waals surface area (Å²) in [5.41, 5.74) is 2.36. The third-order valence-electron chi connectivity index (χ3n) is 3.00. The van der Waals surface area contributed by atoms with Gasteiger partial charge in [-0.2, -0.15) is 0 Å². The molecule has 0 unspecified atom stereocenters. The minimum Gasteiger partial charge on any atom is -0.370 e. The van der Waals surface area contributed by atoms with Gasteiger partial charge < -0.3 is 10.1 Å². The predicted octanol–water partition coefficient (Wildman–Crippen LogP) is 2.66. The second-order valence-electron chi connectivity index (χ2n) is 6.29. The zero-order chi connectivity index (χ0) is 18.3. The lowest BCUT2D eigenvalue weighted by atomic mass is 10.1. The van der Waals surface area contributed by atoms with Crippen molar-refractivity contribution in [3.63, 3.8) is 0 Å². The fourth-order valence-electron chi connectivity index (χ4n) is 2.05. The highest BCUT2D eigenvalue weighted by molar-refractivity contribution is 14.1. The smallest absolute Gasteiger partial charge is 0.268 e. The Morgan fingerprint density at radius 3 is 2.29 bits per heavy atom. The lowest BCUT2D eigenvalue weighted by molar-refractivity contribution is -0.142. The number of amides is 2. The molecule has 1 aromatic carbocycles. The molecule has 2 atom stereocenters. The van der Waals surface area contributed by atoms with Gasteiger partial charge in [-0.25, -0.2) is 5.48 Å². The van der Waals surface area contributed by atoms with Crippen molar-refractivity contribution in [2.24, 2.45) is 0 Å². The number of carbonyl (C=O) groups is 2. The van der Waals surface area contributed by atoms with Gasteiger partial charge in [-0.05, 0) is 81.5 Å². The molecule has 134 valence electrons. The predicted molar refractivity (Wildman–Crippen MR) is 100 cm³/mol. The lowest BCUT2D eigenvalue weighted by Crippen LogP contribution is -2.54. The van der Waals surface area contributed by atoms with Gasteiger partial charge in [0.15, 0.2) is 0 Å². The minimum atomic E-state index is -0.873. The van der Waals surface area contributed by atoms with E-state index < -0.39 is 23.7 Å². The summed E-state index contributed by atoms with van der Waals surface area (Å²) in [6.07, 6.45) is -0.529. The van der Waals surface area contributed by atoms with E-state index in [1.807, 2.05) is 32.9 Å². The van der Waals surface area contributed by atoms with Crippen LogP contribution in [0.5, 0.6) is 0 Å². The molecule has 1 aromatic rings. The average molecular weight is 448 g/mol. The number of carbonyl (C=O) groups excluding carboxylic acids is 2. The van der Waals surface area contributed by atoms with Crippen molar-refractivity contribution in [3.05, 3.63) is 33.4 Å². The molecule has 24 heavy (non-hydrogen) atoms. The summed E-state index contributed by atoms with van der Waals surface area (Å²) >= 11 is 2.16. The van der Waals surface area contributed by atoms with Crippen molar-refractivity contribution in [3.8, 4) is 0 Å².